The zero-order valence-electron chi connectivity index (χ0n) is 12.2. The van der Waals surface area contributed by atoms with Crippen LogP contribution in [0.15, 0.2) is 0 Å². The molecule has 5 heteroatoms. The minimum absolute atomic E-state index is 0.148. The maximum atomic E-state index is 9.13. The van der Waals surface area contributed by atoms with Crippen molar-refractivity contribution in [1.29, 1.82) is 0 Å². The van der Waals surface area contributed by atoms with Crippen molar-refractivity contribution >= 4 is 0 Å². The van der Waals surface area contributed by atoms with Gasteiger partial charge in [0.15, 0.2) is 0 Å². The summed E-state index contributed by atoms with van der Waals surface area (Å²) in [6.07, 6.45) is 3.25. The predicted octanol–water partition coefficient (Wildman–Crippen LogP) is 0.0694. The van der Waals surface area contributed by atoms with Gasteiger partial charge in [-0.15, -0.1) is 0 Å². The zero-order valence-corrected chi connectivity index (χ0v) is 12.2. The van der Waals surface area contributed by atoms with E-state index in [1.165, 1.54) is 0 Å². The monoisotopic (exact) mass is 274 g/mol. The maximum Gasteiger partial charge on any atom is 0.0558 e. The van der Waals surface area contributed by atoms with E-state index in [9.17, 15) is 0 Å². The molecule has 0 aromatic rings. The van der Waals surface area contributed by atoms with Gasteiger partial charge in [0, 0.05) is 39.4 Å². The minimum atomic E-state index is 0.148. The molecular formula is C14H30N2O3. The lowest BCUT2D eigenvalue weighted by molar-refractivity contribution is -0.00863. The SMILES string of the molecule is CCCNCC1(CN(CCO)CCO)CCOCC1. The van der Waals surface area contributed by atoms with E-state index >= 15 is 0 Å². The molecule has 1 aliphatic heterocycles. The molecular weight excluding hydrogens is 244 g/mol. The molecule has 0 aromatic carbocycles. The molecule has 0 amide bonds. The summed E-state index contributed by atoms with van der Waals surface area (Å²) in [6, 6.07) is 0. The van der Waals surface area contributed by atoms with Gasteiger partial charge in [0.05, 0.1) is 13.2 Å². The fourth-order valence-electron chi connectivity index (χ4n) is 2.75. The Hall–Kier alpha value is -0.200. The number of ether oxygens (including phenoxy) is 1. The van der Waals surface area contributed by atoms with Crippen LogP contribution in [0.5, 0.6) is 0 Å². The van der Waals surface area contributed by atoms with E-state index < -0.39 is 0 Å². The van der Waals surface area contributed by atoms with Gasteiger partial charge in [-0.05, 0) is 31.2 Å². The van der Waals surface area contributed by atoms with Gasteiger partial charge < -0.3 is 20.3 Å². The van der Waals surface area contributed by atoms with E-state index in [0.29, 0.717) is 13.1 Å². The van der Waals surface area contributed by atoms with Crippen LogP contribution in [0.4, 0.5) is 0 Å². The second-order valence-electron chi connectivity index (χ2n) is 5.51. The van der Waals surface area contributed by atoms with Gasteiger partial charge in [0.1, 0.15) is 0 Å². The lowest BCUT2D eigenvalue weighted by Gasteiger charge is -2.41. The Morgan fingerprint density at radius 1 is 1.16 bits per heavy atom. The molecule has 0 unspecified atom stereocenters. The first-order chi connectivity index (χ1) is 9.26. The van der Waals surface area contributed by atoms with Gasteiger partial charge >= 0.3 is 0 Å². The van der Waals surface area contributed by atoms with Gasteiger partial charge in [-0.1, -0.05) is 6.92 Å². The Balaban J connectivity index is 2.55. The van der Waals surface area contributed by atoms with Crippen LogP contribution >= 0.6 is 0 Å². The minimum Gasteiger partial charge on any atom is -0.395 e. The molecule has 0 spiro atoms. The van der Waals surface area contributed by atoms with Crippen LogP contribution in [-0.4, -0.2) is 74.3 Å². The molecule has 1 rings (SSSR count). The van der Waals surface area contributed by atoms with Crippen molar-refractivity contribution in [2.24, 2.45) is 5.41 Å². The van der Waals surface area contributed by atoms with E-state index in [1.807, 2.05) is 0 Å². The van der Waals surface area contributed by atoms with E-state index in [2.05, 4.69) is 17.1 Å². The second-order valence-corrected chi connectivity index (χ2v) is 5.51. The Morgan fingerprint density at radius 2 is 1.79 bits per heavy atom. The number of nitrogens with one attached hydrogen (secondary N) is 1. The Morgan fingerprint density at radius 3 is 2.32 bits per heavy atom. The standard InChI is InChI=1S/C14H30N2O3/c1-2-5-15-12-14(3-10-19-11-4-14)13-16(6-8-17)7-9-18/h15,17-18H,2-13H2,1H3. The van der Waals surface area contributed by atoms with Crippen molar-refractivity contribution < 1.29 is 14.9 Å². The third-order valence-corrected chi connectivity index (χ3v) is 3.87. The number of rotatable bonds is 10. The van der Waals surface area contributed by atoms with Gasteiger partial charge in [-0.25, -0.2) is 0 Å². The number of aliphatic hydroxyl groups excluding tert-OH is 2. The maximum absolute atomic E-state index is 9.13. The first kappa shape index (κ1) is 16.9. The summed E-state index contributed by atoms with van der Waals surface area (Å²) in [7, 11) is 0. The summed E-state index contributed by atoms with van der Waals surface area (Å²) in [5.41, 5.74) is 0.220. The largest absolute Gasteiger partial charge is 0.395 e. The fourth-order valence-corrected chi connectivity index (χ4v) is 2.75. The number of hydrogen-bond donors (Lipinski definition) is 3. The molecule has 0 saturated carbocycles. The molecule has 1 fully saturated rings. The number of aliphatic hydroxyl groups is 2. The summed E-state index contributed by atoms with van der Waals surface area (Å²) in [5.74, 6) is 0. The molecule has 3 N–H and O–H groups in total. The van der Waals surface area contributed by atoms with E-state index in [0.717, 1.165) is 52.1 Å². The van der Waals surface area contributed by atoms with Crippen LogP contribution < -0.4 is 5.32 Å². The highest BCUT2D eigenvalue weighted by Gasteiger charge is 2.33. The van der Waals surface area contributed by atoms with Crippen LogP contribution in [0.1, 0.15) is 26.2 Å². The second kappa shape index (κ2) is 9.66. The van der Waals surface area contributed by atoms with Crippen molar-refractivity contribution in [1.82, 2.24) is 10.2 Å². The van der Waals surface area contributed by atoms with Crippen molar-refractivity contribution in [3.05, 3.63) is 0 Å². The third-order valence-electron chi connectivity index (χ3n) is 3.87. The number of nitrogens with zero attached hydrogens (tertiary/aromatic N) is 1. The zero-order chi connectivity index (χ0) is 14.0. The molecule has 114 valence electrons. The first-order valence-corrected chi connectivity index (χ1v) is 7.49. The summed E-state index contributed by atoms with van der Waals surface area (Å²) in [6.45, 7) is 8.35. The van der Waals surface area contributed by atoms with Crippen molar-refractivity contribution in [2.45, 2.75) is 26.2 Å². The molecule has 5 nitrogen and oxygen atoms in total. The van der Waals surface area contributed by atoms with Gasteiger partial charge in [0.2, 0.25) is 0 Å². The van der Waals surface area contributed by atoms with Crippen molar-refractivity contribution in [3.63, 3.8) is 0 Å². The molecule has 0 atom stereocenters. The first-order valence-electron chi connectivity index (χ1n) is 7.49. The predicted molar refractivity (Wildman–Crippen MR) is 76.3 cm³/mol. The summed E-state index contributed by atoms with van der Waals surface area (Å²) < 4.78 is 5.49. The van der Waals surface area contributed by atoms with Gasteiger partial charge in [0.25, 0.3) is 0 Å². The van der Waals surface area contributed by atoms with Crippen LogP contribution in [0, 0.1) is 5.41 Å². The van der Waals surface area contributed by atoms with E-state index in [4.69, 9.17) is 14.9 Å². The summed E-state index contributed by atoms with van der Waals surface area (Å²) in [4.78, 5) is 2.17. The molecule has 1 aliphatic rings. The quantitative estimate of drug-likeness (QED) is 0.492. The molecule has 1 heterocycles. The molecule has 0 bridgehead atoms. The normalized spacial score (nSPS) is 18.9. The Labute approximate surface area is 116 Å². The van der Waals surface area contributed by atoms with Gasteiger partial charge in [-0.3, -0.25) is 4.90 Å². The topological polar surface area (TPSA) is 65.0 Å². The molecule has 0 radical (unpaired) electrons. The molecule has 1 saturated heterocycles. The molecule has 0 aliphatic carbocycles. The van der Waals surface area contributed by atoms with Crippen LogP contribution in [0.25, 0.3) is 0 Å². The Bertz CT molecular complexity index is 215. The number of hydrogen-bond acceptors (Lipinski definition) is 5. The average molecular weight is 274 g/mol. The van der Waals surface area contributed by atoms with Crippen LogP contribution in [0.2, 0.25) is 0 Å². The van der Waals surface area contributed by atoms with Crippen molar-refractivity contribution in [2.75, 3.05) is 59.2 Å². The smallest absolute Gasteiger partial charge is 0.0558 e. The van der Waals surface area contributed by atoms with Crippen LogP contribution in [0.3, 0.4) is 0 Å². The average Bonchev–Trinajstić information content (AvgIpc) is 2.41. The Kier molecular flexibility index (Phi) is 8.57. The lowest BCUT2D eigenvalue weighted by atomic mass is 9.79. The highest BCUT2D eigenvalue weighted by Crippen LogP contribution is 2.30. The van der Waals surface area contributed by atoms with Crippen molar-refractivity contribution in [3.8, 4) is 0 Å². The molecule has 0 aromatic heterocycles. The fraction of sp³-hybridized carbons (Fsp3) is 1.00. The molecule has 19 heavy (non-hydrogen) atoms. The van der Waals surface area contributed by atoms with E-state index in [-0.39, 0.29) is 18.6 Å². The summed E-state index contributed by atoms with van der Waals surface area (Å²) in [5, 5.41) is 21.8. The highest BCUT2D eigenvalue weighted by atomic mass is 16.5. The summed E-state index contributed by atoms with van der Waals surface area (Å²) >= 11 is 0. The highest BCUT2D eigenvalue weighted by molar-refractivity contribution is 4.87. The van der Waals surface area contributed by atoms with Gasteiger partial charge in [-0.2, -0.15) is 0 Å². The van der Waals surface area contributed by atoms with E-state index in [1.54, 1.807) is 0 Å². The van der Waals surface area contributed by atoms with Crippen LogP contribution in [-0.2, 0) is 4.74 Å². The lowest BCUT2D eigenvalue weighted by Crippen LogP contribution is -2.48. The third kappa shape index (κ3) is 6.19.